The van der Waals surface area contributed by atoms with Crippen molar-refractivity contribution in [3.8, 4) is 6.07 Å². The summed E-state index contributed by atoms with van der Waals surface area (Å²) in [7, 11) is 0. The van der Waals surface area contributed by atoms with Gasteiger partial charge in [-0.05, 0) is 11.6 Å². The van der Waals surface area contributed by atoms with Crippen molar-refractivity contribution >= 4 is 23.6 Å². The number of nitrogens with two attached hydrogens (primary N) is 1. The van der Waals surface area contributed by atoms with E-state index in [-0.39, 0.29) is 23.8 Å². The van der Waals surface area contributed by atoms with Crippen molar-refractivity contribution in [1.82, 2.24) is 5.32 Å². The fraction of sp³-hybridized carbons (Fsp3) is 0.235. The first kappa shape index (κ1) is 17.6. The number of rotatable bonds is 8. The molecule has 0 bridgehead atoms. The SMILES string of the molecule is N#CCNC(=O)C(CSCc1ccccc1)c1occc1C(N)=O. The zero-order valence-corrected chi connectivity index (χ0v) is 13.7. The molecule has 0 fully saturated rings. The number of primary amides is 1. The molecule has 1 unspecified atom stereocenters. The van der Waals surface area contributed by atoms with Gasteiger partial charge in [-0.3, -0.25) is 9.59 Å². The van der Waals surface area contributed by atoms with Gasteiger partial charge in [0.15, 0.2) is 0 Å². The molecule has 1 aromatic carbocycles. The molecule has 3 N–H and O–H groups in total. The van der Waals surface area contributed by atoms with Gasteiger partial charge in [-0.15, -0.1) is 0 Å². The number of thioether (sulfide) groups is 1. The first-order valence-electron chi connectivity index (χ1n) is 7.27. The Labute approximate surface area is 144 Å². The Morgan fingerprint density at radius 1 is 1.29 bits per heavy atom. The van der Waals surface area contributed by atoms with Gasteiger partial charge in [0.2, 0.25) is 5.91 Å². The summed E-state index contributed by atoms with van der Waals surface area (Å²) in [5.41, 5.74) is 6.65. The molecule has 0 aliphatic heterocycles. The van der Waals surface area contributed by atoms with E-state index in [2.05, 4.69) is 5.32 Å². The van der Waals surface area contributed by atoms with Crippen LogP contribution in [0.25, 0.3) is 0 Å². The van der Waals surface area contributed by atoms with E-state index in [1.165, 1.54) is 24.1 Å². The number of nitrogens with zero attached hydrogens (tertiary/aromatic N) is 1. The Hall–Kier alpha value is -2.72. The first-order valence-corrected chi connectivity index (χ1v) is 8.42. The Bertz CT molecular complexity index is 737. The van der Waals surface area contributed by atoms with Crippen LogP contribution in [0.3, 0.4) is 0 Å². The summed E-state index contributed by atoms with van der Waals surface area (Å²) in [5, 5.41) is 11.1. The Kier molecular flexibility index (Phi) is 6.46. The maximum Gasteiger partial charge on any atom is 0.252 e. The van der Waals surface area contributed by atoms with Crippen molar-refractivity contribution in [3.63, 3.8) is 0 Å². The van der Waals surface area contributed by atoms with Gasteiger partial charge in [0.1, 0.15) is 18.2 Å². The molecule has 1 atom stereocenters. The zero-order valence-electron chi connectivity index (χ0n) is 12.9. The van der Waals surface area contributed by atoms with Gasteiger partial charge >= 0.3 is 0 Å². The summed E-state index contributed by atoms with van der Waals surface area (Å²) in [6.45, 7) is -0.106. The van der Waals surface area contributed by atoms with Crippen LogP contribution in [-0.4, -0.2) is 24.1 Å². The minimum absolute atomic E-state index is 0.106. The molecule has 0 radical (unpaired) electrons. The molecule has 2 aromatic rings. The summed E-state index contributed by atoms with van der Waals surface area (Å²) in [6.07, 6.45) is 1.34. The molecule has 1 heterocycles. The Morgan fingerprint density at radius 3 is 2.71 bits per heavy atom. The number of hydrogen-bond donors (Lipinski definition) is 2. The molecule has 2 rings (SSSR count). The molecule has 24 heavy (non-hydrogen) atoms. The smallest absolute Gasteiger partial charge is 0.252 e. The number of nitrogens with one attached hydrogen (secondary N) is 1. The molecule has 0 spiro atoms. The molecule has 0 aliphatic rings. The van der Waals surface area contributed by atoms with Crippen LogP contribution in [0, 0.1) is 11.3 Å². The van der Waals surface area contributed by atoms with E-state index in [9.17, 15) is 9.59 Å². The second-order valence-electron chi connectivity index (χ2n) is 4.99. The van der Waals surface area contributed by atoms with Gasteiger partial charge in [-0.2, -0.15) is 17.0 Å². The van der Waals surface area contributed by atoms with Gasteiger partial charge in [0.25, 0.3) is 5.91 Å². The highest BCUT2D eigenvalue weighted by molar-refractivity contribution is 7.98. The highest BCUT2D eigenvalue weighted by Gasteiger charge is 2.28. The number of nitriles is 1. The van der Waals surface area contributed by atoms with Gasteiger partial charge in [-0.25, -0.2) is 0 Å². The largest absolute Gasteiger partial charge is 0.468 e. The minimum Gasteiger partial charge on any atom is -0.468 e. The van der Waals surface area contributed by atoms with Crippen molar-refractivity contribution < 1.29 is 14.0 Å². The lowest BCUT2D eigenvalue weighted by Crippen LogP contribution is -2.32. The molecule has 1 aromatic heterocycles. The Balaban J connectivity index is 2.11. The highest BCUT2D eigenvalue weighted by atomic mass is 32.2. The van der Waals surface area contributed by atoms with E-state index in [0.29, 0.717) is 5.75 Å². The molecule has 0 saturated heterocycles. The highest BCUT2D eigenvalue weighted by Crippen LogP contribution is 2.27. The number of carbonyl (C=O) groups excluding carboxylic acids is 2. The molecule has 6 nitrogen and oxygen atoms in total. The predicted molar refractivity (Wildman–Crippen MR) is 91.2 cm³/mol. The van der Waals surface area contributed by atoms with Crippen molar-refractivity contribution in [1.29, 1.82) is 5.26 Å². The molecule has 0 aliphatic carbocycles. The van der Waals surface area contributed by atoms with E-state index in [1.54, 1.807) is 0 Å². The summed E-state index contributed by atoms with van der Waals surface area (Å²) >= 11 is 1.54. The van der Waals surface area contributed by atoms with Gasteiger partial charge in [0.05, 0.1) is 17.9 Å². The van der Waals surface area contributed by atoms with Crippen LogP contribution in [0.2, 0.25) is 0 Å². The summed E-state index contributed by atoms with van der Waals surface area (Å²) in [6, 6.07) is 13.1. The Morgan fingerprint density at radius 2 is 2.04 bits per heavy atom. The predicted octanol–water partition coefficient (Wildman–Crippen LogP) is 2.04. The molecule has 2 amide bonds. The van der Waals surface area contributed by atoms with Gasteiger partial charge < -0.3 is 15.5 Å². The third-order valence-corrected chi connectivity index (χ3v) is 4.44. The van der Waals surface area contributed by atoms with E-state index in [1.807, 2.05) is 36.4 Å². The maximum absolute atomic E-state index is 12.3. The third kappa shape index (κ3) is 4.64. The zero-order chi connectivity index (χ0) is 17.4. The summed E-state index contributed by atoms with van der Waals surface area (Å²) < 4.78 is 5.33. The number of amides is 2. The van der Waals surface area contributed by atoms with Crippen LogP contribution in [0.5, 0.6) is 0 Å². The summed E-state index contributed by atoms with van der Waals surface area (Å²) in [4.78, 5) is 23.8. The lowest BCUT2D eigenvalue weighted by Gasteiger charge is -2.14. The molecular weight excluding hydrogens is 326 g/mol. The molecule has 7 heteroatoms. The number of benzene rings is 1. The van der Waals surface area contributed by atoms with Crippen LogP contribution in [0.1, 0.15) is 27.6 Å². The second-order valence-corrected chi connectivity index (χ2v) is 6.02. The van der Waals surface area contributed by atoms with Crippen LogP contribution in [0.4, 0.5) is 0 Å². The quantitative estimate of drug-likeness (QED) is 0.713. The van der Waals surface area contributed by atoms with Crippen LogP contribution in [-0.2, 0) is 10.5 Å². The second kappa shape index (κ2) is 8.79. The average Bonchev–Trinajstić information content (AvgIpc) is 3.07. The van der Waals surface area contributed by atoms with Crippen LogP contribution < -0.4 is 11.1 Å². The number of furan rings is 1. The standard InChI is InChI=1S/C17H17N3O3S/c18-7-8-20-17(22)14(15-13(16(19)21)6-9-23-15)11-24-10-12-4-2-1-3-5-12/h1-6,9,14H,8,10-11H2,(H2,19,21)(H,20,22). The fourth-order valence-electron chi connectivity index (χ4n) is 2.18. The van der Waals surface area contributed by atoms with E-state index >= 15 is 0 Å². The lowest BCUT2D eigenvalue weighted by molar-refractivity contribution is -0.122. The first-order chi connectivity index (χ1) is 11.6. The van der Waals surface area contributed by atoms with E-state index in [4.69, 9.17) is 15.4 Å². The topological polar surface area (TPSA) is 109 Å². The molecule has 0 saturated carbocycles. The van der Waals surface area contributed by atoms with E-state index in [0.717, 1.165) is 11.3 Å². The number of carbonyl (C=O) groups is 2. The minimum atomic E-state index is -0.690. The maximum atomic E-state index is 12.3. The number of hydrogen-bond acceptors (Lipinski definition) is 5. The fourth-order valence-corrected chi connectivity index (χ4v) is 3.27. The van der Waals surface area contributed by atoms with Crippen molar-refractivity contribution in [2.75, 3.05) is 12.3 Å². The van der Waals surface area contributed by atoms with Crippen molar-refractivity contribution in [3.05, 3.63) is 59.5 Å². The van der Waals surface area contributed by atoms with Gasteiger partial charge in [-0.1, -0.05) is 30.3 Å². The normalized spacial score (nSPS) is 11.5. The van der Waals surface area contributed by atoms with E-state index < -0.39 is 11.8 Å². The average molecular weight is 343 g/mol. The monoisotopic (exact) mass is 343 g/mol. The van der Waals surface area contributed by atoms with Gasteiger partial charge in [0, 0.05) is 11.5 Å². The lowest BCUT2D eigenvalue weighted by atomic mass is 10.0. The molecule has 124 valence electrons. The van der Waals surface area contributed by atoms with Crippen molar-refractivity contribution in [2.45, 2.75) is 11.7 Å². The van der Waals surface area contributed by atoms with Crippen molar-refractivity contribution in [2.24, 2.45) is 5.73 Å². The van der Waals surface area contributed by atoms with Crippen LogP contribution >= 0.6 is 11.8 Å². The molecular formula is C17H17N3O3S. The van der Waals surface area contributed by atoms with Crippen LogP contribution in [0.15, 0.2) is 47.1 Å². The third-order valence-electron chi connectivity index (χ3n) is 3.33. The summed E-state index contributed by atoms with van der Waals surface area (Å²) in [5.74, 6) is -0.349.